The lowest BCUT2D eigenvalue weighted by atomic mass is 10.1. The average molecular weight is 348 g/mol. The van der Waals surface area contributed by atoms with Crippen LogP contribution >= 0.6 is 11.3 Å². The summed E-state index contributed by atoms with van der Waals surface area (Å²) in [5, 5.41) is 10.2. The molecule has 0 bridgehead atoms. The number of nitrogens with zero attached hydrogens (tertiary/aromatic N) is 3. The third-order valence-electron chi connectivity index (χ3n) is 3.93. The second kappa shape index (κ2) is 6.49. The zero-order valence-electron chi connectivity index (χ0n) is 13.6. The minimum atomic E-state index is -0.158. The third kappa shape index (κ3) is 3.16. The van der Waals surface area contributed by atoms with Crippen LogP contribution in [0.15, 0.2) is 60.1 Å². The van der Waals surface area contributed by atoms with Crippen LogP contribution in [-0.2, 0) is 6.54 Å². The summed E-state index contributed by atoms with van der Waals surface area (Å²) in [6.07, 6.45) is 1.69. The number of para-hydroxylation sites is 1. The van der Waals surface area contributed by atoms with Gasteiger partial charge in [-0.25, -0.2) is 4.68 Å². The maximum Gasteiger partial charge on any atom is 0.257 e. The number of pyridine rings is 1. The Morgan fingerprint density at radius 3 is 2.92 bits per heavy atom. The molecule has 0 unspecified atom stereocenters. The molecule has 1 aromatic carbocycles. The van der Waals surface area contributed by atoms with Crippen molar-refractivity contribution < 1.29 is 4.79 Å². The third-order valence-corrected chi connectivity index (χ3v) is 4.79. The SMILES string of the molecule is Cc1cc(C(=O)Nc2ccnn2Cc2cccs2)c2ccccc2n1. The van der Waals surface area contributed by atoms with E-state index in [9.17, 15) is 4.79 Å². The number of thiophene rings is 1. The van der Waals surface area contributed by atoms with E-state index in [1.165, 1.54) is 4.88 Å². The van der Waals surface area contributed by atoms with Gasteiger partial charge in [0.2, 0.25) is 0 Å². The summed E-state index contributed by atoms with van der Waals surface area (Å²) in [7, 11) is 0. The van der Waals surface area contributed by atoms with Gasteiger partial charge in [0.1, 0.15) is 5.82 Å². The molecule has 0 fully saturated rings. The molecule has 3 aromatic heterocycles. The van der Waals surface area contributed by atoms with E-state index in [0.717, 1.165) is 16.6 Å². The van der Waals surface area contributed by atoms with Gasteiger partial charge < -0.3 is 5.32 Å². The van der Waals surface area contributed by atoms with Crippen LogP contribution in [0, 0.1) is 6.92 Å². The Kier molecular flexibility index (Phi) is 4.03. The molecule has 0 aliphatic heterocycles. The van der Waals surface area contributed by atoms with Crippen LogP contribution in [-0.4, -0.2) is 20.7 Å². The molecule has 6 heteroatoms. The number of carbonyl (C=O) groups excluding carboxylic acids is 1. The smallest absolute Gasteiger partial charge is 0.257 e. The molecule has 0 atom stereocenters. The summed E-state index contributed by atoms with van der Waals surface area (Å²) in [6, 6.07) is 15.4. The molecule has 5 nitrogen and oxygen atoms in total. The van der Waals surface area contributed by atoms with E-state index in [2.05, 4.69) is 21.5 Å². The van der Waals surface area contributed by atoms with Crippen LogP contribution in [0.2, 0.25) is 0 Å². The van der Waals surface area contributed by atoms with E-state index in [0.29, 0.717) is 17.9 Å². The molecule has 1 amide bonds. The number of benzene rings is 1. The summed E-state index contributed by atoms with van der Waals surface area (Å²) >= 11 is 1.67. The number of aryl methyl sites for hydroxylation is 1. The van der Waals surface area contributed by atoms with Crippen molar-refractivity contribution in [3.63, 3.8) is 0 Å². The van der Waals surface area contributed by atoms with E-state index in [-0.39, 0.29) is 5.91 Å². The van der Waals surface area contributed by atoms with E-state index < -0.39 is 0 Å². The first kappa shape index (κ1) is 15.5. The van der Waals surface area contributed by atoms with Crippen molar-refractivity contribution in [1.29, 1.82) is 0 Å². The molecule has 4 rings (SSSR count). The predicted octanol–water partition coefficient (Wildman–Crippen LogP) is 4.10. The zero-order valence-corrected chi connectivity index (χ0v) is 14.5. The number of carbonyl (C=O) groups is 1. The van der Waals surface area contributed by atoms with Gasteiger partial charge in [0.05, 0.1) is 23.8 Å². The Morgan fingerprint density at radius 2 is 2.08 bits per heavy atom. The number of rotatable bonds is 4. The van der Waals surface area contributed by atoms with E-state index in [4.69, 9.17) is 0 Å². The van der Waals surface area contributed by atoms with Crippen LogP contribution in [0.4, 0.5) is 5.82 Å². The van der Waals surface area contributed by atoms with E-state index >= 15 is 0 Å². The molecule has 4 aromatic rings. The first-order chi connectivity index (χ1) is 12.2. The van der Waals surface area contributed by atoms with Crippen LogP contribution < -0.4 is 5.32 Å². The van der Waals surface area contributed by atoms with Crippen LogP contribution in [0.25, 0.3) is 10.9 Å². The van der Waals surface area contributed by atoms with E-state index in [1.54, 1.807) is 22.2 Å². The standard InChI is InChI=1S/C19H16N4OS/c1-13-11-16(15-6-2-3-7-17(15)21-13)19(24)22-18-8-9-20-23(18)12-14-5-4-10-25-14/h2-11H,12H2,1H3,(H,22,24). The van der Waals surface area contributed by atoms with Gasteiger partial charge in [0.15, 0.2) is 0 Å². The average Bonchev–Trinajstić information content (AvgIpc) is 3.27. The lowest BCUT2D eigenvalue weighted by molar-refractivity contribution is 0.102. The van der Waals surface area contributed by atoms with Crippen LogP contribution in [0.5, 0.6) is 0 Å². The fourth-order valence-electron chi connectivity index (χ4n) is 2.79. The normalized spacial score (nSPS) is 10.9. The molecule has 0 saturated heterocycles. The van der Waals surface area contributed by atoms with Crippen molar-refractivity contribution in [2.45, 2.75) is 13.5 Å². The molecule has 0 saturated carbocycles. The highest BCUT2D eigenvalue weighted by molar-refractivity contribution is 7.09. The fourth-order valence-corrected chi connectivity index (χ4v) is 3.48. The van der Waals surface area contributed by atoms with Crippen LogP contribution in [0.3, 0.4) is 0 Å². The van der Waals surface area contributed by atoms with Gasteiger partial charge in [-0.1, -0.05) is 24.3 Å². The minimum absolute atomic E-state index is 0.158. The van der Waals surface area contributed by atoms with Gasteiger partial charge in [-0.2, -0.15) is 5.10 Å². The quantitative estimate of drug-likeness (QED) is 0.604. The lowest BCUT2D eigenvalue weighted by Crippen LogP contribution is -2.16. The molecule has 0 aliphatic rings. The highest BCUT2D eigenvalue weighted by atomic mass is 32.1. The van der Waals surface area contributed by atoms with Crippen molar-refractivity contribution in [3.05, 3.63) is 76.2 Å². The molecular formula is C19H16N4OS. The van der Waals surface area contributed by atoms with Crippen molar-refractivity contribution in [2.75, 3.05) is 5.32 Å². The maximum atomic E-state index is 12.9. The first-order valence-electron chi connectivity index (χ1n) is 7.92. The van der Waals surface area contributed by atoms with Gasteiger partial charge in [-0.05, 0) is 30.5 Å². The van der Waals surface area contributed by atoms with Gasteiger partial charge in [-0.15, -0.1) is 11.3 Å². The molecular weight excluding hydrogens is 332 g/mol. The Bertz CT molecular complexity index is 1040. The molecule has 1 N–H and O–H groups in total. The molecule has 124 valence electrons. The number of hydrogen-bond donors (Lipinski definition) is 1. The molecule has 0 radical (unpaired) electrons. The Labute approximate surface area is 149 Å². The van der Waals surface area contributed by atoms with Gasteiger partial charge in [0, 0.05) is 22.0 Å². The maximum absolute atomic E-state index is 12.9. The summed E-state index contributed by atoms with van der Waals surface area (Å²) in [4.78, 5) is 18.5. The summed E-state index contributed by atoms with van der Waals surface area (Å²) in [5.41, 5.74) is 2.25. The topological polar surface area (TPSA) is 59.8 Å². The number of anilines is 1. The lowest BCUT2D eigenvalue weighted by Gasteiger charge is -2.10. The fraction of sp³-hybridized carbons (Fsp3) is 0.105. The Balaban J connectivity index is 1.64. The monoisotopic (exact) mass is 348 g/mol. The van der Waals surface area contributed by atoms with Gasteiger partial charge >= 0.3 is 0 Å². The zero-order chi connectivity index (χ0) is 17.2. The number of aromatic nitrogens is 3. The largest absolute Gasteiger partial charge is 0.307 e. The molecule has 0 spiro atoms. The second-order valence-electron chi connectivity index (χ2n) is 5.74. The summed E-state index contributed by atoms with van der Waals surface area (Å²) in [5.74, 6) is 0.520. The van der Waals surface area contributed by atoms with Gasteiger partial charge in [-0.3, -0.25) is 9.78 Å². The number of fused-ring (bicyclic) bond motifs is 1. The highest BCUT2D eigenvalue weighted by Crippen LogP contribution is 2.20. The number of hydrogen-bond acceptors (Lipinski definition) is 4. The second-order valence-corrected chi connectivity index (χ2v) is 6.77. The van der Waals surface area contributed by atoms with E-state index in [1.807, 2.05) is 54.8 Å². The Morgan fingerprint density at radius 1 is 1.20 bits per heavy atom. The van der Waals surface area contributed by atoms with Crippen molar-refractivity contribution in [1.82, 2.24) is 14.8 Å². The van der Waals surface area contributed by atoms with Crippen molar-refractivity contribution in [3.8, 4) is 0 Å². The minimum Gasteiger partial charge on any atom is -0.307 e. The van der Waals surface area contributed by atoms with Gasteiger partial charge in [0.25, 0.3) is 5.91 Å². The number of nitrogens with one attached hydrogen (secondary N) is 1. The molecule has 3 heterocycles. The highest BCUT2D eigenvalue weighted by Gasteiger charge is 2.14. The summed E-state index contributed by atoms with van der Waals surface area (Å²) in [6.45, 7) is 2.53. The Hall–Kier alpha value is -2.99. The number of amides is 1. The van der Waals surface area contributed by atoms with Crippen LogP contribution in [0.1, 0.15) is 20.9 Å². The predicted molar refractivity (Wildman–Crippen MR) is 100 cm³/mol. The molecule has 0 aliphatic carbocycles. The van der Waals surface area contributed by atoms with Crippen molar-refractivity contribution >= 4 is 34.0 Å². The van der Waals surface area contributed by atoms with Crippen molar-refractivity contribution in [2.24, 2.45) is 0 Å². The summed E-state index contributed by atoms with van der Waals surface area (Å²) < 4.78 is 1.79. The molecule has 25 heavy (non-hydrogen) atoms. The first-order valence-corrected chi connectivity index (χ1v) is 8.80.